The lowest BCUT2D eigenvalue weighted by Crippen LogP contribution is -2.43. The third kappa shape index (κ3) is 1.09. The molecule has 4 aliphatic rings. The summed E-state index contributed by atoms with van der Waals surface area (Å²) in [6.07, 6.45) is 8.38. The minimum absolute atomic E-state index is 0.484. The lowest BCUT2D eigenvalue weighted by atomic mass is 9.60. The zero-order chi connectivity index (χ0) is 13.5. The number of piperidine rings is 1. The molecule has 2 bridgehead atoms. The Hall–Kier alpha value is -1.02. The average molecular weight is 269 g/mol. The van der Waals surface area contributed by atoms with Gasteiger partial charge in [-0.3, -0.25) is 4.90 Å². The quantitative estimate of drug-likeness (QED) is 0.726. The second kappa shape index (κ2) is 3.41. The Kier molecular flexibility index (Phi) is 1.98. The molecule has 2 heteroatoms. The summed E-state index contributed by atoms with van der Waals surface area (Å²) in [6, 6.07) is 7.73. The monoisotopic (exact) mass is 269 g/mol. The Bertz CT molecular complexity index is 597. The standard InChI is InChI=1S/C18H23NO/c1-19-16-14-5-3-4-8-17(14)11-18(16,19)10-12-6-7-13(20-2)9-15(12)17/h6-7,9,14,16H,3-5,8,10-11H2,1-2H3/t14-,16-,17+,18+,19?/m1/s1. The van der Waals surface area contributed by atoms with Crippen molar-refractivity contribution in [3.63, 3.8) is 0 Å². The molecule has 0 radical (unpaired) electrons. The normalized spacial score (nSPS) is 47.2. The predicted molar refractivity (Wildman–Crippen MR) is 79.2 cm³/mol. The molecule has 5 atom stereocenters. The van der Waals surface area contributed by atoms with Crippen molar-refractivity contribution in [1.29, 1.82) is 0 Å². The van der Waals surface area contributed by atoms with Crippen LogP contribution in [-0.2, 0) is 11.8 Å². The molecule has 1 aliphatic heterocycles. The van der Waals surface area contributed by atoms with Gasteiger partial charge in [-0.05, 0) is 61.9 Å². The van der Waals surface area contributed by atoms with E-state index in [-0.39, 0.29) is 0 Å². The van der Waals surface area contributed by atoms with Crippen LogP contribution < -0.4 is 4.74 Å². The summed E-state index contributed by atoms with van der Waals surface area (Å²) < 4.78 is 5.51. The first kappa shape index (κ1) is 11.6. The van der Waals surface area contributed by atoms with Crippen LogP contribution in [0.15, 0.2) is 18.2 Å². The lowest BCUT2D eigenvalue weighted by Gasteiger charge is -2.46. The van der Waals surface area contributed by atoms with Crippen molar-refractivity contribution in [2.45, 2.75) is 55.5 Å². The van der Waals surface area contributed by atoms with Crippen LogP contribution in [0.1, 0.15) is 43.2 Å². The summed E-state index contributed by atoms with van der Waals surface area (Å²) in [5.74, 6) is 1.95. The highest BCUT2D eigenvalue weighted by Gasteiger charge is 2.76. The fraction of sp³-hybridized carbons (Fsp3) is 0.667. The Balaban J connectivity index is 1.72. The maximum atomic E-state index is 5.51. The van der Waals surface area contributed by atoms with Gasteiger partial charge in [-0.1, -0.05) is 18.9 Å². The summed E-state index contributed by atoms with van der Waals surface area (Å²) in [5, 5.41) is 0. The molecule has 3 fully saturated rings. The first-order valence-corrected chi connectivity index (χ1v) is 8.12. The van der Waals surface area contributed by atoms with Crippen LogP contribution in [-0.4, -0.2) is 30.6 Å². The SMILES string of the molecule is COc1ccc2c(c1)[C@]13CCCC[C@@H]1[C@H]1N(C)[C@@]1(C2)C3. The van der Waals surface area contributed by atoms with Crippen molar-refractivity contribution in [2.75, 3.05) is 14.2 Å². The summed E-state index contributed by atoms with van der Waals surface area (Å²) in [5.41, 5.74) is 4.26. The molecule has 1 unspecified atom stereocenters. The topological polar surface area (TPSA) is 12.2 Å². The second-order valence-corrected chi connectivity index (χ2v) is 7.54. The fourth-order valence-corrected chi connectivity index (χ4v) is 6.27. The third-order valence-corrected chi connectivity index (χ3v) is 7.05. The third-order valence-electron chi connectivity index (χ3n) is 7.05. The highest BCUT2D eigenvalue weighted by Crippen LogP contribution is 2.71. The summed E-state index contributed by atoms with van der Waals surface area (Å²) >= 11 is 0. The lowest BCUT2D eigenvalue weighted by molar-refractivity contribution is 0.148. The Labute approximate surface area is 121 Å². The van der Waals surface area contributed by atoms with Gasteiger partial charge in [-0.15, -0.1) is 0 Å². The van der Waals surface area contributed by atoms with Crippen LogP contribution in [0.4, 0.5) is 0 Å². The van der Waals surface area contributed by atoms with Crippen molar-refractivity contribution < 1.29 is 4.74 Å². The largest absolute Gasteiger partial charge is 0.497 e. The molecular formula is C18H23NO. The molecule has 0 amide bonds. The van der Waals surface area contributed by atoms with E-state index in [1.165, 1.54) is 38.5 Å². The van der Waals surface area contributed by atoms with Gasteiger partial charge in [0.25, 0.3) is 0 Å². The average Bonchev–Trinajstić information content (AvgIpc) is 2.91. The summed E-state index contributed by atoms with van der Waals surface area (Å²) in [7, 11) is 4.15. The van der Waals surface area contributed by atoms with Gasteiger partial charge < -0.3 is 4.74 Å². The number of hydrogen-bond acceptors (Lipinski definition) is 2. The number of fused-ring (bicyclic) bond motifs is 2. The van der Waals surface area contributed by atoms with Gasteiger partial charge in [0, 0.05) is 17.0 Å². The number of hydrogen-bond donors (Lipinski definition) is 0. The van der Waals surface area contributed by atoms with Gasteiger partial charge >= 0.3 is 0 Å². The number of methoxy groups -OCH3 is 1. The minimum Gasteiger partial charge on any atom is -0.497 e. The Morgan fingerprint density at radius 1 is 1.30 bits per heavy atom. The van der Waals surface area contributed by atoms with Crippen LogP contribution in [0.2, 0.25) is 0 Å². The molecule has 20 heavy (non-hydrogen) atoms. The molecule has 1 saturated heterocycles. The minimum atomic E-state index is 0.484. The van der Waals surface area contributed by atoms with E-state index in [4.69, 9.17) is 4.74 Å². The number of ether oxygens (including phenoxy) is 1. The second-order valence-electron chi connectivity index (χ2n) is 7.54. The van der Waals surface area contributed by atoms with E-state index in [1.807, 2.05) is 0 Å². The van der Waals surface area contributed by atoms with Gasteiger partial charge in [0.15, 0.2) is 0 Å². The van der Waals surface area contributed by atoms with Crippen molar-refractivity contribution in [3.8, 4) is 5.75 Å². The number of benzene rings is 1. The molecule has 3 aliphatic carbocycles. The molecule has 0 N–H and O–H groups in total. The van der Waals surface area contributed by atoms with Crippen LogP contribution in [0.5, 0.6) is 5.75 Å². The Morgan fingerprint density at radius 3 is 3.05 bits per heavy atom. The summed E-state index contributed by atoms with van der Waals surface area (Å²) in [4.78, 5) is 2.69. The van der Waals surface area contributed by atoms with Crippen LogP contribution >= 0.6 is 0 Å². The predicted octanol–water partition coefficient (Wildman–Crippen LogP) is 3.14. The van der Waals surface area contributed by atoms with Crippen molar-refractivity contribution >= 4 is 0 Å². The van der Waals surface area contributed by atoms with Crippen LogP contribution in [0, 0.1) is 5.92 Å². The number of likely N-dealkylation sites (N-methyl/N-ethyl adjacent to an activating group) is 1. The van der Waals surface area contributed by atoms with Crippen LogP contribution in [0.25, 0.3) is 0 Å². The highest BCUT2D eigenvalue weighted by molar-refractivity contribution is 5.52. The molecule has 1 aromatic carbocycles. The van der Waals surface area contributed by atoms with E-state index in [2.05, 4.69) is 30.1 Å². The van der Waals surface area contributed by atoms with Gasteiger partial charge in [0.2, 0.25) is 0 Å². The molecule has 1 heterocycles. The highest BCUT2D eigenvalue weighted by atomic mass is 16.5. The number of nitrogens with zero attached hydrogens (tertiary/aromatic N) is 1. The van der Waals surface area contributed by atoms with Crippen molar-refractivity contribution in [2.24, 2.45) is 5.92 Å². The molecular weight excluding hydrogens is 246 g/mol. The first-order chi connectivity index (χ1) is 9.71. The van der Waals surface area contributed by atoms with Gasteiger partial charge in [0.05, 0.1) is 7.11 Å². The van der Waals surface area contributed by atoms with E-state index >= 15 is 0 Å². The molecule has 5 rings (SSSR count). The van der Waals surface area contributed by atoms with Gasteiger partial charge in [-0.2, -0.15) is 0 Å². The summed E-state index contributed by atoms with van der Waals surface area (Å²) in [6.45, 7) is 0. The zero-order valence-corrected chi connectivity index (χ0v) is 12.5. The van der Waals surface area contributed by atoms with E-state index in [0.717, 1.165) is 17.7 Å². The fourth-order valence-electron chi connectivity index (χ4n) is 6.27. The van der Waals surface area contributed by atoms with E-state index in [0.29, 0.717) is 11.0 Å². The van der Waals surface area contributed by atoms with Gasteiger partial charge in [-0.25, -0.2) is 0 Å². The maximum absolute atomic E-state index is 5.51. The maximum Gasteiger partial charge on any atom is 0.119 e. The number of rotatable bonds is 1. The van der Waals surface area contributed by atoms with E-state index < -0.39 is 0 Å². The van der Waals surface area contributed by atoms with Gasteiger partial charge in [0.1, 0.15) is 5.75 Å². The van der Waals surface area contributed by atoms with Crippen molar-refractivity contribution in [1.82, 2.24) is 4.90 Å². The molecule has 1 aromatic rings. The smallest absolute Gasteiger partial charge is 0.119 e. The molecule has 0 aromatic heterocycles. The molecule has 2 spiro atoms. The Morgan fingerprint density at radius 2 is 2.20 bits per heavy atom. The van der Waals surface area contributed by atoms with E-state index in [1.54, 1.807) is 18.2 Å². The zero-order valence-electron chi connectivity index (χ0n) is 12.5. The first-order valence-electron chi connectivity index (χ1n) is 8.12. The molecule has 2 saturated carbocycles. The number of likely N-dealkylation sites (tertiary alicyclic amines) is 1. The van der Waals surface area contributed by atoms with Crippen molar-refractivity contribution in [3.05, 3.63) is 29.3 Å². The molecule has 2 nitrogen and oxygen atoms in total. The van der Waals surface area contributed by atoms with Crippen LogP contribution in [0.3, 0.4) is 0 Å². The van der Waals surface area contributed by atoms with E-state index in [9.17, 15) is 0 Å². The molecule has 106 valence electrons.